The lowest BCUT2D eigenvalue weighted by molar-refractivity contribution is 0.498. The summed E-state index contributed by atoms with van der Waals surface area (Å²) in [7, 11) is 0. The van der Waals surface area contributed by atoms with Gasteiger partial charge in [-0.3, -0.25) is 0 Å². The molecule has 0 bridgehead atoms. The highest BCUT2D eigenvalue weighted by Gasteiger charge is 2.21. The predicted molar refractivity (Wildman–Crippen MR) is 65.1 cm³/mol. The molecule has 0 aliphatic heterocycles. The summed E-state index contributed by atoms with van der Waals surface area (Å²) in [5.41, 5.74) is -0.345. The maximum atomic E-state index is 13.7. The van der Waals surface area contributed by atoms with Crippen LogP contribution < -0.4 is 0 Å². The van der Waals surface area contributed by atoms with Crippen LogP contribution in [0.2, 0.25) is 0 Å². The van der Waals surface area contributed by atoms with Gasteiger partial charge < -0.3 is 0 Å². The third-order valence-corrected chi connectivity index (χ3v) is 3.28. The highest BCUT2D eigenvalue weighted by Crippen LogP contribution is 2.33. The lowest BCUT2D eigenvalue weighted by Gasteiger charge is -2.13. The molecule has 1 unspecified atom stereocenters. The van der Waals surface area contributed by atoms with Crippen molar-refractivity contribution in [3.05, 3.63) is 70.3 Å². The molecule has 0 amide bonds. The number of hydrogen-bond acceptors (Lipinski definition) is 0. The second kappa shape index (κ2) is 5.21. The molecular formula is C14H9ClF4. The van der Waals surface area contributed by atoms with E-state index >= 15 is 0 Å². The second-order valence-corrected chi connectivity index (χ2v) is 4.56. The van der Waals surface area contributed by atoms with E-state index in [1.807, 2.05) is 0 Å². The van der Waals surface area contributed by atoms with Gasteiger partial charge in [0.25, 0.3) is 0 Å². The predicted octanol–water partition coefficient (Wildman–Crippen LogP) is 4.88. The Morgan fingerprint density at radius 2 is 1.58 bits per heavy atom. The molecule has 2 rings (SSSR count). The number of alkyl halides is 1. The van der Waals surface area contributed by atoms with Gasteiger partial charge in [0.15, 0.2) is 11.6 Å². The smallest absolute Gasteiger partial charge is 0.163 e. The molecule has 0 aromatic heterocycles. The average Bonchev–Trinajstić information content (AvgIpc) is 2.36. The van der Waals surface area contributed by atoms with Crippen molar-refractivity contribution in [1.82, 2.24) is 0 Å². The quantitative estimate of drug-likeness (QED) is 0.546. The van der Waals surface area contributed by atoms with Crippen molar-refractivity contribution in [2.24, 2.45) is 0 Å². The van der Waals surface area contributed by atoms with Gasteiger partial charge in [-0.1, -0.05) is 12.1 Å². The van der Waals surface area contributed by atoms with Crippen LogP contribution in [0.5, 0.6) is 0 Å². The highest BCUT2D eigenvalue weighted by molar-refractivity contribution is 6.22. The summed E-state index contributed by atoms with van der Waals surface area (Å²) in [6, 6.07) is 5.28. The van der Waals surface area contributed by atoms with E-state index in [1.165, 1.54) is 19.1 Å². The molecule has 0 aliphatic rings. The Bertz CT molecular complexity index is 625. The van der Waals surface area contributed by atoms with E-state index in [1.54, 1.807) is 0 Å². The van der Waals surface area contributed by atoms with Crippen LogP contribution in [-0.2, 0) is 0 Å². The fourth-order valence-corrected chi connectivity index (χ4v) is 2.08. The van der Waals surface area contributed by atoms with E-state index in [0.717, 1.165) is 18.2 Å². The molecule has 0 N–H and O–H groups in total. The van der Waals surface area contributed by atoms with Gasteiger partial charge in [-0.05, 0) is 30.7 Å². The maximum Gasteiger partial charge on any atom is 0.163 e. The first-order valence-corrected chi connectivity index (χ1v) is 5.89. The van der Waals surface area contributed by atoms with Crippen molar-refractivity contribution in [2.45, 2.75) is 12.3 Å². The first kappa shape index (κ1) is 13.9. The molecule has 100 valence electrons. The highest BCUT2D eigenvalue weighted by atomic mass is 35.5. The number of rotatable bonds is 2. The number of aryl methyl sites for hydroxylation is 1. The minimum Gasteiger partial charge on any atom is -0.207 e. The summed E-state index contributed by atoms with van der Waals surface area (Å²) >= 11 is 5.93. The van der Waals surface area contributed by atoms with Gasteiger partial charge in [-0.15, -0.1) is 11.6 Å². The van der Waals surface area contributed by atoms with Gasteiger partial charge in [0, 0.05) is 11.1 Å². The van der Waals surface area contributed by atoms with Crippen LogP contribution in [0.3, 0.4) is 0 Å². The van der Waals surface area contributed by atoms with Gasteiger partial charge in [0.05, 0.1) is 5.38 Å². The summed E-state index contributed by atoms with van der Waals surface area (Å²) in [4.78, 5) is 0. The molecule has 0 nitrogen and oxygen atoms in total. The lowest BCUT2D eigenvalue weighted by atomic mass is 10.0. The fraction of sp³-hybridized carbons (Fsp3) is 0.143. The molecule has 5 heteroatoms. The van der Waals surface area contributed by atoms with Gasteiger partial charge in [0.1, 0.15) is 11.6 Å². The van der Waals surface area contributed by atoms with E-state index in [9.17, 15) is 17.6 Å². The molecule has 0 aliphatic carbocycles. The lowest BCUT2D eigenvalue weighted by Crippen LogP contribution is -2.03. The zero-order valence-electron chi connectivity index (χ0n) is 9.85. The summed E-state index contributed by atoms with van der Waals surface area (Å²) in [6.07, 6.45) is 0. The molecular weight excluding hydrogens is 280 g/mol. The van der Waals surface area contributed by atoms with Crippen molar-refractivity contribution in [3.63, 3.8) is 0 Å². The Hall–Kier alpha value is -1.55. The van der Waals surface area contributed by atoms with Crippen LogP contribution in [0.15, 0.2) is 30.3 Å². The minimum atomic E-state index is -1.30. The zero-order chi connectivity index (χ0) is 14.2. The Balaban J connectivity index is 2.53. The first-order valence-electron chi connectivity index (χ1n) is 5.45. The number of benzene rings is 2. The van der Waals surface area contributed by atoms with Gasteiger partial charge in [-0.25, -0.2) is 17.6 Å². The van der Waals surface area contributed by atoms with Gasteiger partial charge in [-0.2, -0.15) is 0 Å². The largest absolute Gasteiger partial charge is 0.207 e. The van der Waals surface area contributed by atoms with Crippen molar-refractivity contribution >= 4 is 11.6 Å². The molecule has 2 aromatic carbocycles. The van der Waals surface area contributed by atoms with E-state index in [-0.39, 0.29) is 16.7 Å². The maximum absolute atomic E-state index is 13.7. The minimum absolute atomic E-state index is 0.116. The third-order valence-electron chi connectivity index (χ3n) is 2.81. The summed E-state index contributed by atoms with van der Waals surface area (Å²) in [5, 5.41) is -1.30. The summed E-state index contributed by atoms with van der Waals surface area (Å²) in [6.45, 7) is 1.40. The van der Waals surface area contributed by atoms with Crippen LogP contribution in [-0.4, -0.2) is 0 Å². The van der Waals surface area contributed by atoms with Crippen LogP contribution >= 0.6 is 11.6 Å². The Kier molecular flexibility index (Phi) is 3.80. The van der Waals surface area contributed by atoms with Gasteiger partial charge in [0.2, 0.25) is 0 Å². The van der Waals surface area contributed by atoms with Crippen molar-refractivity contribution in [1.29, 1.82) is 0 Å². The average molecular weight is 289 g/mol. The molecule has 0 fully saturated rings. The number of halogens is 5. The summed E-state index contributed by atoms with van der Waals surface area (Å²) < 4.78 is 53.8. The molecule has 2 aromatic rings. The standard InChI is InChI=1S/C14H9ClF4/c1-7-5-12(18)9(6-11(7)17)13(15)8-3-2-4-10(16)14(8)19/h2-6,13H,1H3. The SMILES string of the molecule is Cc1cc(F)c(C(Cl)c2cccc(F)c2F)cc1F. The first-order chi connectivity index (χ1) is 8.91. The van der Waals surface area contributed by atoms with E-state index in [0.29, 0.717) is 0 Å². The van der Waals surface area contributed by atoms with Crippen molar-refractivity contribution in [2.75, 3.05) is 0 Å². The molecule has 0 spiro atoms. The van der Waals surface area contributed by atoms with Gasteiger partial charge >= 0.3 is 0 Å². The van der Waals surface area contributed by atoms with Crippen molar-refractivity contribution < 1.29 is 17.6 Å². The summed E-state index contributed by atoms with van der Waals surface area (Å²) in [5.74, 6) is -3.67. The monoisotopic (exact) mass is 288 g/mol. The van der Waals surface area contributed by atoms with Crippen LogP contribution in [0, 0.1) is 30.2 Å². The molecule has 0 heterocycles. The molecule has 0 saturated carbocycles. The third kappa shape index (κ3) is 2.59. The van der Waals surface area contributed by atoms with Crippen molar-refractivity contribution in [3.8, 4) is 0 Å². The van der Waals surface area contributed by atoms with E-state index in [2.05, 4.69) is 0 Å². The molecule has 0 saturated heterocycles. The van der Waals surface area contributed by atoms with E-state index < -0.39 is 28.6 Å². The zero-order valence-corrected chi connectivity index (χ0v) is 10.6. The van der Waals surface area contributed by atoms with Crippen LogP contribution in [0.25, 0.3) is 0 Å². The Morgan fingerprint density at radius 1 is 0.895 bits per heavy atom. The molecule has 1 atom stereocenters. The second-order valence-electron chi connectivity index (χ2n) is 4.13. The topological polar surface area (TPSA) is 0 Å². The number of hydrogen-bond donors (Lipinski definition) is 0. The molecule has 19 heavy (non-hydrogen) atoms. The van der Waals surface area contributed by atoms with E-state index in [4.69, 9.17) is 11.6 Å². The molecule has 0 radical (unpaired) electrons. The fourth-order valence-electron chi connectivity index (χ4n) is 1.74. The Morgan fingerprint density at radius 3 is 2.26 bits per heavy atom. The Labute approximate surface area is 112 Å². The van der Waals surface area contributed by atoms with Crippen LogP contribution in [0.1, 0.15) is 22.1 Å². The normalized spacial score (nSPS) is 12.5. The van der Waals surface area contributed by atoms with Crippen LogP contribution in [0.4, 0.5) is 17.6 Å².